The summed E-state index contributed by atoms with van der Waals surface area (Å²) in [6.45, 7) is 1.05. The van der Waals surface area contributed by atoms with E-state index in [-0.39, 0.29) is 12.1 Å². The van der Waals surface area contributed by atoms with Crippen LogP contribution in [0.2, 0.25) is 0 Å². The highest BCUT2D eigenvalue weighted by Gasteiger charge is 2.22. The van der Waals surface area contributed by atoms with E-state index < -0.39 is 0 Å². The minimum atomic E-state index is 0.0242. The molecule has 69 valence electrons. The first-order chi connectivity index (χ1) is 6.38. The fourth-order valence-corrected chi connectivity index (χ4v) is 1.90. The Kier molecular flexibility index (Phi) is 2.62. The number of hydrogen-bond donors (Lipinski definition) is 1. The molecule has 1 fully saturated rings. The van der Waals surface area contributed by atoms with Crippen molar-refractivity contribution in [1.82, 2.24) is 11.1 Å². The smallest absolute Gasteiger partial charge is 0.0489 e. The summed E-state index contributed by atoms with van der Waals surface area (Å²) in [5.41, 5.74) is 9.16. The van der Waals surface area contributed by atoms with Crippen LogP contribution in [0.15, 0.2) is 30.3 Å². The largest absolute Gasteiger partial charge is 0.309 e. The molecule has 2 heteroatoms. The topological polar surface area (TPSA) is 35.8 Å². The van der Waals surface area contributed by atoms with Crippen molar-refractivity contribution in [1.29, 1.82) is 0 Å². The molecular formula is C11H15N2. The highest BCUT2D eigenvalue weighted by Crippen LogP contribution is 2.22. The van der Waals surface area contributed by atoms with Crippen LogP contribution in [-0.2, 0) is 0 Å². The van der Waals surface area contributed by atoms with Crippen LogP contribution in [0.3, 0.4) is 0 Å². The Morgan fingerprint density at radius 1 is 1.23 bits per heavy atom. The van der Waals surface area contributed by atoms with Gasteiger partial charge in [-0.1, -0.05) is 30.3 Å². The third-order valence-electron chi connectivity index (χ3n) is 2.62. The monoisotopic (exact) mass is 175 g/mol. The van der Waals surface area contributed by atoms with Gasteiger partial charge in [-0.2, -0.15) is 0 Å². The van der Waals surface area contributed by atoms with Crippen molar-refractivity contribution in [2.45, 2.75) is 24.9 Å². The molecule has 0 unspecified atom stereocenters. The minimum Gasteiger partial charge on any atom is -0.309 e. The standard InChI is InChI=1S/C11H15N2/c12-10-7-4-8-13-11(10)9-5-2-1-3-6-9/h1-3,5-6,10-13H,4,7-8H2/t10-,11-/m0/s1. The van der Waals surface area contributed by atoms with Crippen molar-refractivity contribution < 1.29 is 0 Å². The van der Waals surface area contributed by atoms with E-state index in [0.29, 0.717) is 0 Å². The molecule has 1 aliphatic heterocycles. The quantitative estimate of drug-likeness (QED) is 0.693. The fraction of sp³-hybridized carbons (Fsp3) is 0.455. The number of hydrogen-bond acceptors (Lipinski definition) is 1. The van der Waals surface area contributed by atoms with E-state index in [1.807, 2.05) is 18.2 Å². The zero-order chi connectivity index (χ0) is 9.10. The average Bonchev–Trinajstić information content (AvgIpc) is 2.20. The van der Waals surface area contributed by atoms with E-state index in [0.717, 1.165) is 19.4 Å². The van der Waals surface area contributed by atoms with Gasteiger partial charge in [-0.25, -0.2) is 0 Å². The lowest BCUT2D eigenvalue weighted by Crippen LogP contribution is -2.38. The van der Waals surface area contributed by atoms with Crippen LogP contribution in [0.4, 0.5) is 0 Å². The van der Waals surface area contributed by atoms with Crippen LogP contribution >= 0.6 is 0 Å². The molecule has 0 saturated carbocycles. The molecule has 0 spiro atoms. The summed E-state index contributed by atoms with van der Waals surface area (Å²) in [6.07, 6.45) is 2.16. The van der Waals surface area contributed by atoms with Gasteiger partial charge in [0.05, 0.1) is 0 Å². The van der Waals surface area contributed by atoms with Gasteiger partial charge in [0, 0.05) is 12.1 Å². The maximum Gasteiger partial charge on any atom is 0.0489 e. The van der Waals surface area contributed by atoms with Gasteiger partial charge in [-0.05, 0) is 24.9 Å². The first-order valence-corrected chi connectivity index (χ1v) is 4.87. The molecular weight excluding hydrogens is 160 g/mol. The zero-order valence-corrected chi connectivity index (χ0v) is 7.66. The van der Waals surface area contributed by atoms with E-state index >= 15 is 0 Å². The molecule has 1 radical (unpaired) electrons. The Morgan fingerprint density at radius 3 is 2.69 bits per heavy atom. The molecule has 2 N–H and O–H groups in total. The third-order valence-corrected chi connectivity index (χ3v) is 2.62. The Bertz CT molecular complexity index is 258. The third kappa shape index (κ3) is 1.90. The van der Waals surface area contributed by atoms with Crippen molar-refractivity contribution in [2.24, 2.45) is 0 Å². The van der Waals surface area contributed by atoms with Gasteiger partial charge in [-0.15, -0.1) is 0 Å². The lowest BCUT2D eigenvalue weighted by Gasteiger charge is -2.29. The molecule has 1 saturated heterocycles. The van der Waals surface area contributed by atoms with Gasteiger partial charge < -0.3 is 5.32 Å². The maximum absolute atomic E-state index is 7.90. The normalized spacial score (nSPS) is 28.7. The lowest BCUT2D eigenvalue weighted by molar-refractivity contribution is 0.351. The summed E-state index contributed by atoms with van der Waals surface area (Å²) in [5, 5.41) is 3.40. The van der Waals surface area contributed by atoms with Gasteiger partial charge in [-0.3, -0.25) is 5.73 Å². The van der Waals surface area contributed by atoms with Gasteiger partial charge in [0.15, 0.2) is 0 Å². The Balaban J connectivity index is 2.15. The van der Waals surface area contributed by atoms with Crippen molar-refractivity contribution in [3.8, 4) is 0 Å². The molecule has 0 aromatic heterocycles. The SMILES string of the molecule is [NH][C@H]1CCCN[C@H]1c1ccccc1. The van der Waals surface area contributed by atoms with Gasteiger partial charge in [0.1, 0.15) is 0 Å². The number of piperidine rings is 1. The van der Waals surface area contributed by atoms with Crippen LogP contribution in [0.5, 0.6) is 0 Å². The Hall–Kier alpha value is -0.860. The van der Waals surface area contributed by atoms with Crippen molar-refractivity contribution in [3.05, 3.63) is 35.9 Å². The minimum absolute atomic E-state index is 0.0242. The van der Waals surface area contributed by atoms with Crippen LogP contribution in [-0.4, -0.2) is 12.6 Å². The maximum atomic E-state index is 7.90. The average molecular weight is 175 g/mol. The zero-order valence-electron chi connectivity index (χ0n) is 7.66. The predicted molar refractivity (Wildman–Crippen MR) is 53.3 cm³/mol. The second kappa shape index (κ2) is 3.90. The summed E-state index contributed by atoms with van der Waals surface area (Å²) in [6, 6.07) is 10.6. The first-order valence-electron chi connectivity index (χ1n) is 4.87. The number of benzene rings is 1. The van der Waals surface area contributed by atoms with Crippen molar-refractivity contribution in [2.75, 3.05) is 6.54 Å². The molecule has 1 aliphatic rings. The molecule has 1 aromatic carbocycles. The van der Waals surface area contributed by atoms with E-state index in [2.05, 4.69) is 17.4 Å². The molecule has 0 bridgehead atoms. The van der Waals surface area contributed by atoms with Crippen LogP contribution < -0.4 is 11.1 Å². The summed E-state index contributed by atoms with van der Waals surface area (Å²) in [5.74, 6) is 0. The first kappa shape index (κ1) is 8.73. The van der Waals surface area contributed by atoms with Crippen molar-refractivity contribution in [3.63, 3.8) is 0 Å². The van der Waals surface area contributed by atoms with Crippen LogP contribution in [0, 0.1) is 0 Å². The molecule has 2 atom stereocenters. The van der Waals surface area contributed by atoms with Gasteiger partial charge in [0.2, 0.25) is 0 Å². The predicted octanol–water partition coefficient (Wildman–Crippen LogP) is 1.76. The lowest BCUT2D eigenvalue weighted by atomic mass is 9.93. The van der Waals surface area contributed by atoms with Crippen molar-refractivity contribution >= 4 is 0 Å². The van der Waals surface area contributed by atoms with E-state index in [1.54, 1.807) is 0 Å². The molecule has 2 nitrogen and oxygen atoms in total. The molecule has 0 aliphatic carbocycles. The fourth-order valence-electron chi connectivity index (χ4n) is 1.90. The molecule has 13 heavy (non-hydrogen) atoms. The van der Waals surface area contributed by atoms with Gasteiger partial charge in [0.25, 0.3) is 0 Å². The summed E-state index contributed by atoms with van der Waals surface area (Å²) in [4.78, 5) is 0. The molecule has 0 amide bonds. The molecule has 1 heterocycles. The number of rotatable bonds is 1. The van der Waals surface area contributed by atoms with Crippen LogP contribution in [0.25, 0.3) is 0 Å². The number of nitrogens with one attached hydrogen (secondary N) is 2. The van der Waals surface area contributed by atoms with E-state index in [4.69, 9.17) is 5.73 Å². The van der Waals surface area contributed by atoms with Gasteiger partial charge >= 0.3 is 0 Å². The highest BCUT2D eigenvalue weighted by molar-refractivity contribution is 5.20. The molecule has 2 rings (SSSR count). The summed E-state index contributed by atoms with van der Waals surface area (Å²) < 4.78 is 0. The Morgan fingerprint density at radius 2 is 2.00 bits per heavy atom. The second-order valence-electron chi connectivity index (χ2n) is 3.59. The van der Waals surface area contributed by atoms with E-state index in [9.17, 15) is 0 Å². The van der Waals surface area contributed by atoms with E-state index in [1.165, 1.54) is 5.56 Å². The Labute approximate surface area is 79.1 Å². The van der Waals surface area contributed by atoms with Crippen LogP contribution in [0.1, 0.15) is 24.4 Å². The molecule has 1 aromatic rings. The second-order valence-corrected chi connectivity index (χ2v) is 3.59. The summed E-state index contributed by atoms with van der Waals surface area (Å²) in [7, 11) is 0. The highest BCUT2D eigenvalue weighted by atomic mass is 15.0. The summed E-state index contributed by atoms with van der Waals surface area (Å²) >= 11 is 0.